The highest BCUT2D eigenvalue weighted by molar-refractivity contribution is 6.31. The Labute approximate surface area is 98.4 Å². The summed E-state index contributed by atoms with van der Waals surface area (Å²) in [6.45, 7) is -0.199. The van der Waals surface area contributed by atoms with Gasteiger partial charge in [0.05, 0.1) is 5.92 Å². The number of hydrogen-bond donors (Lipinski definition) is 0. The van der Waals surface area contributed by atoms with Gasteiger partial charge in [-0.2, -0.15) is 0 Å². The fourth-order valence-electron chi connectivity index (χ4n) is 1.32. The van der Waals surface area contributed by atoms with Gasteiger partial charge in [-0.1, -0.05) is 23.7 Å². The third-order valence-corrected chi connectivity index (χ3v) is 2.64. The van der Waals surface area contributed by atoms with Crippen LogP contribution >= 0.6 is 11.6 Å². The first-order valence-corrected chi connectivity index (χ1v) is 5.50. The van der Waals surface area contributed by atoms with E-state index in [0.717, 1.165) is 12.8 Å². The topological polar surface area (TPSA) is 43.4 Å². The van der Waals surface area contributed by atoms with Gasteiger partial charge >= 0.3 is 5.97 Å². The molecule has 3 nitrogen and oxygen atoms in total. The first kappa shape index (κ1) is 11.1. The van der Waals surface area contributed by atoms with Gasteiger partial charge in [0, 0.05) is 10.6 Å². The quantitative estimate of drug-likeness (QED) is 0.598. The Kier molecular flexibility index (Phi) is 3.25. The Balaban J connectivity index is 1.89. The SMILES string of the molecule is O=C(COC(=O)C1CC1)c1cccc(Cl)c1. The average Bonchev–Trinajstić information content (AvgIpc) is 3.09. The van der Waals surface area contributed by atoms with Crippen LogP contribution in [0.5, 0.6) is 0 Å². The van der Waals surface area contributed by atoms with Crippen molar-refractivity contribution in [2.75, 3.05) is 6.61 Å². The van der Waals surface area contributed by atoms with Crippen LogP contribution < -0.4 is 0 Å². The van der Waals surface area contributed by atoms with Crippen molar-refractivity contribution in [2.24, 2.45) is 5.92 Å². The number of benzene rings is 1. The minimum absolute atomic E-state index is 0.0205. The van der Waals surface area contributed by atoms with E-state index < -0.39 is 0 Å². The van der Waals surface area contributed by atoms with Gasteiger partial charge in [0.15, 0.2) is 12.4 Å². The number of rotatable bonds is 4. The predicted octanol–water partition coefficient (Wildman–Crippen LogP) is 2.48. The van der Waals surface area contributed by atoms with Gasteiger partial charge in [-0.05, 0) is 25.0 Å². The van der Waals surface area contributed by atoms with Gasteiger partial charge in [-0.15, -0.1) is 0 Å². The molecule has 0 N–H and O–H groups in total. The lowest BCUT2D eigenvalue weighted by Crippen LogP contribution is -2.15. The lowest BCUT2D eigenvalue weighted by atomic mass is 10.1. The van der Waals surface area contributed by atoms with Crippen LogP contribution in [0.1, 0.15) is 23.2 Å². The van der Waals surface area contributed by atoms with Gasteiger partial charge in [0.2, 0.25) is 0 Å². The summed E-state index contributed by atoms with van der Waals surface area (Å²) in [5.74, 6) is -0.473. The zero-order valence-corrected chi connectivity index (χ0v) is 9.37. The van der Waals surface area contributed by atoms with Gasteiger partial charge < -0.3 is 4.74 Å². The summed E-state index contributed by atoms with van der Waals surface area (Å²) < 4.78 is 4.89. The summed E-state index contributed by atoms with van der Waals surface area (Å²) in [7, 11) is 0. The Bertz CT molecular complexity index is 424. The molecule has 0 spiro atoms. The van der Waals surface area contributed by atoms with Crippen LogP contribution in [0.3, 0.4) is 0 Å². The molecule has 0 radical (unpaired) electrons. The molecule has 1 aromatic rings. The van der Waals surface area contributed by atoms with Crippen LogP contribution in [0, 0.1) is 5.92 Å². The van der Waals surface area contributed by atoms with Crippen molar-refractivity contribution in [3.8, 4) is 0 Å². The molecule has 4 heteroatoms. The molecule has 2 rings (SSSR count). The van der Waals surface area contributed by atoms with Crippen LogP contribution in [-0.2, 0) is 9.53 Å². The maximum absolute atomic E-state index is 11.6. The van der Waals surface area contributed by atoms with Crippen molar-refractivity contribution in [1.29, 1.82) is 0 Å². The molecular formula is C12H11ClO3. The van der Waals surface area contributed by atoms with E-state index >= 15 is 0 Å². The van der Waals surface area contributed by atoms with E-state index in [1.165, 1.54) is 0 Å². The van der Waals surface area contributed by atoms with Crippen LogP contribution in [0.15, 0.2) is 24.3 Å². The second-order valence-electron chi connectivity index (χ2n) is 3.82. The molecule has 0 unspecified atom stereocenters. The third-order valence-electron chi connectivity index (χ3n) is 2.40. The number of halogens is 1. The van der Waals surface area contributed by atoms with E-state index in [9.17, 15) is 9.59 Å². The molecule has 1 aliphatic rings. The molecule has 1 fully saturated rings. The van der Waals surface area contributed by atoms with Crippen molar-refractivity contribution in [3.05, 3.63) is 34.9 Å². The Hall–Kier alpha value is -1.35. The molecule has 0 saturated heterocycles. The molecule has 0 aromatic heterocycles. The summed E-state index contributed by atoms with van der Waals surface area (Å²) in [5, 5.41) is 0.499. The van der Waals surface area contributed by atoms with Gasteiger partial charge in [-0.3, -0.25) is 9.59 Å². The highest BCUT2D eigenvalue weighted by Gasteiger charge is 2.31. The molecule has 16 heavy (non-hydrogen) atoms. The van der Waals surface area contributed by atoms with E-state index in [4.69, 9.17) is 16.3 Å². The molecule has 1 aliphatic carbocycles. The normalized spacial score (nSPS) is 14.6. The number of Topliss-reactive ketones (excluding diaryl/α,β-unsaturated/α-hetero) is 1. The molecule has 0 bridgehead atoms. The first-order chi connectivity index (χ1) is 7.66. The number of carbonyl (C=O) groups excluding carboxylic acids is 2. The molecule has 84 valence electrons. The number of hydrogen-bond acceptors (Lipinski definition) is 3. The van der Waals surface area contributed by atoms with E-state index in [0.29, 0.717) is 10.6 Å². The summed E-state index contributed by atoms with van der Waals surface area (Å²) in [5.41, 5.74) is 0.469. The molecule has 1 aromatic carbocycles. The highest BCUT2D eigenvalue weighted by atomic mass is 35.5. The predicted molar refractivity (Wildman–Crippen MR) is 59.5 cm³/mol. The zero-order valence-electron chi connectivity index (χ0n) is 8.61. The zero-order chi connectivity index (χ0) is 11.5. The molecular weight excluding hydrogens is 228 g/mol. The third kappa shape index (κ3) is 2.83. The van der Waals surface area contributed by atoms with Crippen molar-refractivity contribution in [1.82, 2.24) is 0 Å². The van der Waals surface area contributed by atoms with Gasteiger partial charge in [0.25, 0.3) is 0 Å². The number of ketones is 1. The number of ether oxygens (including phenoxy) is 1. The summed E-state index contributed by atoms with van der Waals surface area (Å²) in [4.78, 5) is 22.8. The molecule has 0 atom stereocenters. The van der Waals surface area contributed by atoms with Crippen molar-refractivity contribution >= 4 is 23.4 Å². The van der Waals surface area contributed by atoms with Crippen LogP contribution in [0.4, 0.5) is 0 Å². The molecule has 0 heterocycles. The Morgan fingerprint density at radius 1 is 1.38 bits per heavy atom. The van der Waals surface area contributed by atoms with Crippen LogP contribution in [-0.4, -0.2) is 18.4 Å². The second kappa shape index (κ2) is 4.66. The van der Waals surface area contributed by atoms with Crippen LogP contribution in [0.2, 0.25) is 5.02 Å². The fourth-order valence-corrected chi connectivity index (χ4v) is 1.51. The smallest absolute Gasteiger partial charge is 0.309 e. The fraction of sp³-hybridized carbons (Fsp3) is 0.333. The Morgan fingerprint density at radius 3 is 2.75 bits per heavy atom. The standard InChI is InChI=1S/C12H11ClO3/c13-10-3-1-2-9(6-10)11(14)7-16-12(15)8-4-5-8/h1-3,6,8H,4-5,7H2. The maximum atomic E-state index is 11.6. The van der Waals surface area contributed by atoms with E-state index in [1.807, 2.05) is 0 Å². The second-order valence-corrected chi connectivity index (χ2v) is 4.25. The number of carbonyl (C=O) groups is 2. The van der Waals surface area contributed by atoms with Crippen molar-refractivity contribution < 1.29 is 14.3 Å². The molecule has 0 aliphatic heterocycles. The summed E-state index contributed by atoms with van der Waals surface area (Å²) in [6, 6.07) is 6.60. The minimum Gasteiger partial charge on any atom is -0.457 e. The summed E-state index contributed by atoms with van der Waals surface area (Å²) in [6.07, 6.45) is 1.76. The van der Waals surface area contributed by atoms with E-state index in [1.54, 1.807) is 24.3 Å². The largest absolute Gasteiger partial charge is 0.457 e. The monoisotopic (exact) mass is 238 g/mol. The summed E-state index contributed by atoms with van der Waals surface area (Å²) >= 11 is 5.75. The van der Waals surface area contributed by atoms with E-state index in [-0.39, 0.29) is 24.3 Å². The molecule has 1 saturated carbocycles. The molecule has 0 amide bonds. The first-order valence-electron chi connectivity index (χ1n) is 5.12. The average molecular weight is 239 g/mol. The van der Waals surface area contributed by atoms with Crippen molar-refractivity contribution in [2.45, 2.75) is 12.8 Å². The number of esters is 1. The lowest BCUT2D eigenvalue weighted by molar-refractivity contribution is -0.144. The van der Waals surface area contributed by atoms with Gasteiger partial charge in [0.1, 0.15) is 0 Å². The van der Waals surface area contributed by atoms with E-state index in [2.05, 4.69) is 0 Å². The highest BCUT2D eigenvalue weighted by Crippen LogP contribution is 2.30. The minimum atomic E-state index is -0.268. The maximum Gasteiger partial charge on any atom is 0.309 e. The van der Waals surface area contributed by atoms with Gasteiger partial charge in [-0.25, -0.2) is 0 Å². The Morgan fingerprint density at radius 2 is 2.12 bits per heavy atom. The lowest BCUT2D eigenvalue weighted by Gasteiger charge is -2.03. The van der Waals surface area contributed by atoms with Crippen molar-refractivity contribution in [3.63, 3.8) is 0 Å². The van der Waals surface area contributed by atoms with Crippen LogP contribution in [0.25, 0.3) is 0 Å².